The normalized spacial score (nSPS) is 21.0. The van der Waals surface area contributed by atoms with Crippen LogP contribution in [-0.2, 0) is 11.2 Å². The Kier molecular flexibility index (Phi) is 6.78. The van der Waals surface area contributed by atoms with Crippen molar-refractivity contribution < 1.29 is 9.47 Å². The smallest absolute Gasteiger partial charge is 0.213 e. The van der Waals surface area contributed by atoms with E-state index in [1.54, 1.807) is 7.11 Å². The van der Waals surface area contributed by atoms with E-state index in [-0.39, 0.29) is 6.10 Å². The summed E-state index contributed by atoms with van der Waals surface area (Å²) < 4.78 is 11.5. The van der Waals surface area contributed by atoms with E-state index < -0.39 is 0 Å². The monoisotopic (exact) mass is 336 g/mol. The van der Waals surface area contributed by atoms with E-state index in [0.717, 1.165) is 55.2 Å². The number of aromatic nitrogens is 1. The molecule has 0 saturated heterocycles. The standard InChI is InChI=1S/C18H28N2O2S/c1-5-20(3)18(23)12-14-6-11-17(19-13(14)2)22-16-9-7-15(21-4)8-10-16/h6,11,15-16H,5,7-10,12H2,1-4H3. The molecule has 0 aromatic carbocycles. The zero-order valence-corrected chi connectivity index (χ0v) is 15.5. The molecule has 1 aromatic rings. The summed E-state index contributed by atoms with van der Waals surface area (Å²) in [5.41, 5.74) is 2.17. The first-order valence-corrected chi connectivity index (χ1v) is 8.84. The molecule has 1 saturated carbocycles. The molecule has 128 valence electrons. The molecular weight excluding hydrogens is 308 g/mol. The average molecular weight is 337 g/mol. The van der Waals surface area contributed by atoms with Gasteiger partial charge in [-0.15, -0.1) is 0 Å². The highest BCUT2D eigenvalue weighted by atomic mass is 32.1. The highest BCUT2D eigenvalue weighted by Gasteiger charge is 2.22. The number of nitrogens with zero attached hydrogens (tertiary/aromatic N) is 2. The van der Waals surface area contributed by atoms with Crippen LogP contribution in [0, 0.1) is 6.92 Å². The first kappa shape index (κ1) is 18.1. The fourth-order valence-corrected chi connectivity index (χ4v) is 3.13. The van der Waals surface area contributed by atoms with Crippen LogP contribution >= 0.6 is 12.2 Å². The molecule has 0 bridgehead atoms. The van der Waals surface area contributed by atoms with E-state index in [4.69, 9.17) is 21.7 Å². The Labute approximate surface area is 145 Å². The van der Waals surface area contributed by atoms with E-state index in [0.29, 0.717) is 6.10 Å². The number of rotatable bonds is 6. The number of methoxy groups -OCH3 is 1. The Bertz CT molecular complexity index is 528. The van der Waals surface area contributed by atoms with Crippen LogP contribution in [0.15, 0.2) is 12.1 Å². The fraction of sp³-hybridized carbons (Fsp3) is 0.667. The van der Waals surface area contributed by atoms with E-state index >= 15 is 0 Å². The van der Waals surface area contributed by atoms with E-state index in [1.807, 2.05) is 20.0 Å². The molecule has 1 heterocycles. The number of hydrogen-bond acceptors (Lipinski definition) is 4. The molecule has 5 heteroatoms. The van der Waals surface area contributed by atoms with Gasteiger partial charge >= 0.3 is 0 Å². The third-order valence-corrected chi connectivity index (χ3v) is 5.11. The number of pyridine rings is 1. The van der Waals surface area contributed by atoms with Crippen molar-refractivity contribution >= 4 is 17.2 Å². The maximum atomic E-state index is 6.05. The van der Waals surface area contributed by atoms with Gasteiger partial charge in [-0.05, 0) is 45.1 Å². The summed E-state index contributed by atoms with van der Waals surface area (Å²) in [6.07, 6.45) is 5.61. The van der Waals surface area contributed by atoms with Gasteiger partial charge in [-0.2, -0.15) is 0 Å². The lowest BCUT2D eigenvalue weighted by atomic mass is 9.95. The Hall–Kier alpha value is -1.20. The van der Waals surface area contributed by atoms with Gasteiger partial charge in [0.25, 0.3) is 0 Å². The van der Waals surface area contributed by atoms with Crippen LogP contribution in [0.25, 0.3) is 0 Å². The van der Waals surface area contributed by atoms with Crippen molar-refractivity contribution in [2.24, 2.45) is 0 Å². The second-order valence-electron chi connectivity index (χ2n) is 6.23. The average Bonchev–Trinajstić information content (AvgIpc) is 2.57. The fourth-order valence-electron chi connectivity index (χ4n) is 2.85. The molecule has 2 rings (SSSR count). The van der Waals surface area contributed by atoms with Crippen LogP contribution in [0.3, 0.4) is 0 Å². The molecule has 0 radical (unpaired) electrons. The predicted molar refractivity (Wildman–Crippen MR) is 97.3 cm³/mol. The Morgan fingerprint density at radius 3 is 2.48 bits per heavy atom. The Balaban J connectivity index is 1.93. The number of likely N-dealkylation sites (N-methyl/N-ethyl adjacent to an activating group) is 1. The molecule has 1 aliphatic carbocycles. The summed E-state index contributed by atoms with van der Waals surface area (Å²) >= 11 is 5.46. The van der Waals surface area contributed by atoms with Crippen molar-refractivity contribution in [2.75, 3.05) is 20.7 Å². The van der Waals surface area contributed by atoms with Crippen molar-refractivity contribution in [3.63, 3.8) is 0 Å². The molecule has 1 fully saturated rings. The molecule has 0 amide bonds. The van der Waals surface area contributed by atoms with Gasteiger partial charge in [0.1, 0.15) is 6.10 Å². The van der Waals surface area contributed by atoms with Crippen LogP contribution in [0.4, 0.5) is 0 Å². The zero-order chi connectivity index (χ0) is 16.8. The molecule has 0 unspecified atom stereocenters. The lowest BCUT2D eigenvalue weighted by Gasteiger charge is -2.27. The summed E-state index contributed by atoms with van der Waals surface area (Å²) in [5.74, 6) is 0.724. The summed E-state index contributed by atoms with van der Waals surface area (Å²) in [4.78, 5) is 7.65. The van der Waals surface area contributed by atoms with Gasteiger partial charge in [0, 0.05) is 38.9 Å². The number of aryl methyl sites for hydroxylation is 1. The lowest BCUT2D eigenvalue weighted by molar-refractivity contribution is 0.0314. The van der Waals surface area contributed by atoms with Crippen LogP contribution in [-0.4, -0.2) is 47.8 Å². The third kappa shape index (κ3) is 5.15. The lowest BCUT2D eigenvalue weighted by Crippen LogP contribution is -2.28. The largest absolute Gasteiger partial charge is 0.474 e. The second kappa shape index (κ2) is 8.60. The first-order valence-electron chi connectivity index (χ1n) is 8.43. The van der Waals surface area contributed by atoms with E-state index in [1.165, 1.54) is 5.56 Å². The maximum absolute atomic E-state index is 6.05. The van der Waals surface area contributed by atoms with Crippen LogP contribution in [0.1, 0.15) is 43.9 Å². The summed E-state index contributed by atoms with van der Waals surface area (Å²) in [5, 5.41) is 0. The Morgan fingerprint density at radius 2 is 1.91 bits per heavy atom. The minimum Gasteiger partial charge on any atom is -0.474 e. The van der Waals surface area contributed by atoms with Crippen LogP contribution < -0.4 is 4.74 Å². The van der Waals surface area contributed by atoms with Crippen molar-refractivity contribution in [2.45, 2.75) is 58.2 Å². The van der Waals surface area contributed by atoms with Gasteiger partial charge < -0.3 is 14.4 Å². The summed E-state index contributed by atoms with van der Waals surface area (Å²) in [6.45, 7) is 5.06. The number of ether oxygens (including phenoxy) is 2. The molecule has 0 aliphatic heterocycles. The molecule has 4 nitrogen and oxygen atoms in total. The van der Waals surface area contributed by atoms with Crippen LogP contribution in [0.2, 0.25) is 0 Å². The summed E-state index contributed by atoms with van der Waals surface area (Å²) in [6, 6.07) is 4.06. The topological polar surface area (TPSA) is 34.6 Å². The van der Waals surface area contributed by atoms with Crippen molar-refractivity contribution in [3.8, 4) is 5.88 Å². The summed E-state index contributed by atoms with van der Waals surface area (Å²) in [7, 11) is 3.81. The number of thiocarbonyl (C=S) groups is 1. The highest BCUT2D eigenvalue weighted by molar-refractivity contribution is 7.80. The number of hydrogen-bond donors (Lipinski definition) is 0. The maximum Gasteiger partial charge on any atom is 0.213 e. The SMILES string of the molecule is CCN(C)C(=S)Cc1ccc(OC2CCC(OC)CC2)nc1C. The molecule has 1 aliphatic rings. The van der Waals surface area contributed by atoms with Gasteiger partial charge in [0.05, 0.1) is 11.1 Å². The molecule has 0 atom stereocenters. The minimum atomic E-state index is 0.256. The van der Waals surface area contributed by atoms with Gasteiger partial charge in [0.2, 0.25) is 5.88 Å². The first-order chi connectivity index (χ1) is 11.0. The van der Waals surface area contributed by atoms with Crippen molar-refractivity contribution in [3.05, 3.63) is 23.4 Å². The zero-order valence-electron chi connectivity index (χ0n) is 14.7. The van der Waals surface area contributed by atoms with Crippen LogP contribution in [0.5, 0.6) is 5.88 Å². The quantitative estimate of drug-likeness (QED) is 0.742. The molecule has 1 aromatic heterocycles. The van der Waals surface area contributed by atoms with Gasteiger partial charge in [0.15, 0.2) is 0 Å². The molecular formula is C18H28N2O2S. The minimum absolute atomic E-state index is 0.256. The van der Waals surface area contributed by atoms with Crippen molar-refractivity contribution in [1.29, 1.82) is 0 Å². The second-order valence-corrected chi connectivity index (χ2v) is 6.70. The highest BCUT2D eigenvalue weighted by Crippen LogP contribution is 2.25. The van der Waals surface area contributed by atoms with Crippen molar-refractivity contribution in [1.82, 2.24) is 9.88 Å². The van der Waals surface area contributed by atoms with Gasteiger partial charge in [-0.1, -0.05) is 18.3 Å². The van der Waals surface area contributed by atoms with Gasteiger partial charge in [-0.3, -0.25) is 0 Å². The molecule has 23 heavy (non-hydrogen) atoms. The van der Waals surface area contributed by atoms with E-state index in [2.05, 4.69) is 22.9 Å². The molecule has 0 N–H and O–H groups in total. The van der Waals surface area contributed by atoms with Gasteiger partial charge in [-0.25, -0.2) is 4.98 Å². The Morgan fingerprint density at radius 1 is 1.26 bits per heavy atom. The van der Waals surface area contributed by atoms with E-state index in [9.17, 15) is 0 Å². The third-order valence-electron chi connectivity index (χ3n) is 4.65. The predicted octanol–water partition coefficient (Wildman–Crippen LogP) is 3.55. The molecule has 0 spiro atoms.